The summed E-state index contributed by atoms with van der Waals surface area (Å²) in [6.45, 7) is 12.7. The van der Waals surface area contributed by atoms with Crippen molar-refractivity contribution in [2.75, 3.05) is 32.8 Å². The number of carbonyl (C=O) groups excluding carboxylic acids is 2. The van der Waals surface area contributed by atoms with Crippen molar-refractivity contribution in [2.45, 2.75) is 246 Å². The Bertz CT molecular complexity index is 728. The Kier molecular flexibility index (Phi) is 40.1. The van der Waals surface area contributed by atoms with E-state index in [1.54, 1.807) is 0 Å². The van der Waals surface area contributed by atoms with E-state index in [1.165, 1.54) is 128 Å². The molecule has 0 heterocycles. The summed E-state index contributed by atoms with van der Waals surface area (Å²) in [7, 11) is 0. The number of carbonyl (C=O) groups is 2. The molecule has 0 aromatic heterocycles. The topological polar surface area (TPSA) is 76.1 Å². The lowest BCUT2D eigenvalue weighted by Crippen LogP contribution is -2.29. The largest absolute Gasteiger partial charge is 0.466 e. The molecule has 0 aliphatic heterocycles. The summed E-state index contributed by atoms with van der Waals surface area (Å²) < 4.78 is 11.5. The van der Waals surface area contributed by atoms with Gasteiger partial charge in [-0.2, -0.15) is 0 Å². The van der Waals surface area contributed by atoms with Gasteiger partial charge in [-0.15, -0.1) is 0 Å². The minimum absolute atomic E-state index is 0.0148. The van der Waals surface area contributed by atoms with Crippen LogP contribution in [-0.4, -0.2) is 60.9 Å². The zero-order valence-corrected chi connectivity index (χ0v) is 35.6. The second kappa shape index (κ2) is 41.0. The number of nitrogens with zero attached hydrogens (tertiary/aromatic N) is 1. The van der Waals surface area contributed by atoms with Crippen molar-refractivity contribution in [1.29, 1.82) is 0 Å². The van der Waals surface area contributed by atoms with Gasteiger partial charge in [-0.25, -0.2) is 0 Å². The van der Waals surface area contributed by atoms with Gasteiger partial charge < -0.3 is 19.5 Å². The number of esters is 2. The number of hydrogen-bond acceptors (Lipinski definition) is 6. The number of unbranched alkanes of at least 4 members (excludes halogenated alkanes) is 23. The predicted octanol–water partition coefficient (Wildman–Crippen LogP) is 13.3. The van der Waals surface area contributed by atoms with Gasteiger partial charge in [-0.1, -0.05) is 169 Å². The van der Waals surface area contributed by atoms with Crippen LogP contribution in [0.1, 0.15) is 240 Å². The van der Waals surface area contributed by atoms with E-state index in [1.807, 2.05) is 0 Å². The maximum atomic E-state index is 12.7. The fourth-order valence-corrected chi connectivity index (χ4v) is 7.18. The van der Waals surface area contributed by atoms with Crippen molar-refractivity contribution in [3.05, 3.63) is 0 Å². The molecule has 52 heavy (non-hydrogen) atoms. The number of hydrogen-bond donors (Lipinski definition) is 1. The maximum Gasteiger partial charge on any atom is 0.306 e. The fraction of sp³-hybridized carbons (Fsp3) is 0.957. The second-order valence-electron chi connectivity index (χ2n) is 16.3. The Morgan fingerprint density at radius 3 is 1.37 bits per heavy atom. The van der Waals surface area contributed by atoms with Gasteiger partial charge in [0.25, 0.3) is 0 Å². The van der Waals surface area contributed by atoms with Gasteiger partial charge in [-0.05, 0) is 76.8 Å². The highest BCUT2D eigenvalue weighted by molar-refractivity contribution is 5.69. The van der Waals surface area contributed by atoms with E-state index in [2.05, 4.69) is 32.6 Å². The number of ether oxygens (including phenoxy) is 2. The third-order valence-corrected chi connectivity index (χ3v) is 10.6. The molecule has 0 aromatic carbocycles. The standard InChI is InChI=1S/C46H91NO5/c1-5-7-9-11-18-26-34-44(35-27-19-12-10-8-6-2)52-46(50)37-29-21-15-22-30-38-47(40-41-48)39-31-23-16-24-32-42-51-45(49)36-28-20-14-13-17-25-33-43(3)4/h43-44,48H,5-42H2,1-4H3. The molecule has 0 saturated heterocycles. The molecule has 0 rings (SSSR count). The first-order valence-electron chi connectivity index (χ1n) is 23.1. The maximum absolute atomic E-state index is 12.7. The molecule has 0 aliphatic carbocycles. The lowest BCUT2D eigenvalue weighted by atomic mass is 10.0. The summed E-state index contributed by atoms with van der Waals surface area (Å²) in [5, 5.41) is 9.55. The molecule has 6 nitrogen and oxygen atoms in total. The molecule has 0 amide bonds. The van der Waals surface area contributed by atoms with Crippen LogP contribution >= 0.6 is 0 Å². The summed E-state index contributed by atoms with van der Waals surface area (Å²) >= 11 is 0. The van der Waals surface area contributed by atoms with Crippen molar-refractivity contribution < 1.29 is 24.2 Å². The first-order valence-corrected chi connectivity index (χ1v) is 23.1. The van der Waals surface area contributed by atoms with Crippen LogP contribution in [0, 0.1) is 5.92 Å². The molecule has 0 unspecified atom stereocenters. The summed E-state index contributed by atoms with van der Waals surface area (Å²) in [5.74, 6) is 0.798. The lowest BCUT2D eigenvalue weighted by Gasteiger charge is -2.21. The van der Waals surface area contributed by atoms with Crippen molar-refractivity contribution >= 4 is 11.9 Å². The zero-order valence-electron chi connectivity index (χ0n) is 35.6. The van der Waals surface area contributed by atoms with Crippen LogP contribution in [0.25, 0.3) is 0 Å². The number of aliphatic hydroxyl groups excluding tert-OH is 1. The highest BCUT2D eigenvalue weighted by Gasteiger charge is 2.14. The Balaban J connectivity index is 3.91. The lowest BCUT2D eigenvalue weighted by molar-refractivity contribution is -0.150. The van der Waals surface area contributed by atoms with Gasteiger partial charge in [0, 0.05) is 19.4 Å². The zero-order chi connectivity index (χ0) is 38.2. The van der Waals surface area contributed by atoms with Crippen LogP contribution in [0.4, 0.5) is 0 Å². The molecule has 1 N–H and O–H groups in total. The van der Waals surface area contributed by atoms with Gasteiger partial charge >= 0.3 is 11.9 Å². The normalized spacial score (nSPS) is 11.7. The summed E-state index contributed by atoms with van der Waals surface area (Å²) in [6, 6.07) is 0. The van der Waals surface area contributed by atoms with E-state index < -0.39 is 0 Å². The molecule has 0 spiro atoms. The molecule has 6 heteroatoms. The van der Waals surface area contributed by atoms with Crippen molar-refractivity contribution in [2.24, 2.45) is 5.92 Å². The Hall–Kier alpha value is -1.14. The Morgan fingerprint density at radius 2 is 0.885 bits per heavy atom. The van der Waals surface area contributed by atoms with Crippen LogP contribution in [-0.2, 0) is 19.1 Å². The van der Waals surface area contributed by atoms with E-state index in [0.29, 0.717) is 19.4 Å². The summed E-state index contributed by atoms with van der Waals surface area (Å²) in [6.07, 6.45) is 38.4. The van der Waals surface area contributed by atoms with E-state index in [0.717, 1.165) is 96.2 Å². The summed E-state index contributed by atoms with van der Waals surface area (Å²) in [4.78, 5) is 27.1. The van der Waals surface area contributed by atoms with Gasteiger partial charge in [0.15, 0.2) is 0 Å². The third-order valence-electron chi connectivity index (χ3n) is 10.6. The smallest absolute Gasteiger partial charge is 0.306 e. The van der Waals surface area contributed by atoms with E-state index >= 15 is 0 Å². The van der Waals surface area contributed by atoms with Gasteiger partial charge in [0.05, 0.1) is 13.2 Å². The van der Waals surface area contributed by atoms with Crippen molar-refractivity contribution in [3.8, 4) is 0 Å². The molecular formula is C46H91NO5. The Morgan fingerprint density at radius 1 is 0.481 bits per heavy atom. The fourth-order valence-electron chi connectivity index (χ4n) is 7.18. The number of rotatable bonds is 42. The van der Waals surface area contributed by atoms with Gasteiger partial charge in [0.1, 0.15) is 6.10 Å². The quantitative estimate of drug-likeness (QED) is 0.0496. The van der Waals surface area contributed by atoms with Crippen molar-refractivity contribution in [1.82, 2.24) is 4.90 Å². The average Bonchev–Trinajstić information content (AvgIpc) is 3.12. The van der Waals surface area contributed by atoms with Crippen LogP contribution in [0.15, 0.2) is 0 Å². The number of aliphatic hydroxyl groups is 1. The van der Waals surface area contributed by atoms with E-state index in [-0.39, 0.29) is 24.6 Å². The minimum Gasteiger partial charge on any atom is -0.466 e. The van der Waals surface area contributed by atoms with Crippen LogP contribution < -0.4 is 0 Å². The van der Waals surface area contributed by atoms with Gasteiger partial charge in [0.2, 0.25) is 0 Å². The predicted molar refractivity (Wildman–Crippen MR) is 223 cm³/mol. The third kappa shape index (κ3) is 38.6. The molecule has 0 aromatic rings. The molecule has 0 aliphatic rings. The van der Waals surface area contributed by atoms with Crippen LogP contribution in [0.5, 0.6) is 0 Å². The molecule has 0 radical (unpaired) electrons. The average molecular weight is 738 g/mol. The minimum atomic E-state index is -0.0248. The highest BCUT2D eigenvalue weighted by Crippen LogP contribution is 2.19. The molecule has 0 bridgehead atoms. The molecule has 310 valence electrons. The molecule has 0 saturated carbocycles. The highest BCUT2D eigenvalue weighted by atomic mass is 16.5. The Labute approximate surface area is 324 Å². The van der Waals surface area contributed by atoms with Crippen LogP contribution in [0.3, 0.4) is 0 Å². The molecular weight excluding hydrogens is 647 g/mol. The van der Waals surface area contributed by atoms with Gasteiger partial charge in [-0.3, -0.25) is 9.59 Å². The summed E-state index contributed by atoms with van der Waals surface area (Å²) in [5.41, 5.74) is 0. The first kappa shape index (κ1) is 50.9. The first-order chi connectivity index (χ1) is 25.4. The molecule has 0 fully saturated rings. The SMILES string of the molecule is CCCCCCCCC(CCCCCCCC)OC(=O)CCCCCCCN(CCO)CCCCCCCOC(=O)CCCCCCCCC(C)C. The van der Waals surface area contributed by atoms with E-state index in [4.69, 9.17) is 9.47 Å². The van der Waals surface area contributed by atoms with Crippen molar-refractivity contribution in [3.63, 3.8) is 0 Å². The van der Waals surface area contributed by atoms with Crippen LogP contribution in [0.2, 0.25) is 0 Å². The van der Waals surface area contributed by atoms with E-state index in [9.17, 15) is 14.7 Å². The second-order valence-corrected chi connectivity index (χ2v) is 16.3. The monoisotopic (exact) mass is 738 g/mol. The molecule has 0 atom stereocenters.